The van der Waals surface area contributed by atoms with Gasteiger partial charge in [0.2, 0.25) is 0 Å². The lowest BCUT2D eigenvalue weighted by Gasteiger charge is -2.15. The summed E-state index contributed by atoms with van der Waals surface area (Å²) < 4.78 is 10.5. The fourth-order valence-electron chi connectivity index (χ4n) is 1.59. The quantitative estimate of drug-likeness (QED) is 0.454. The van der Waals surface area contributed by atoms with E-state index in [-0.39, 0.29) is 11.7 Å². The molecule has 0 aliphatic rings. The molecule has 0 aromatic heterocycles. The van der Waals surface area contributed by atoms with Gasteiger partial charge in [0.25, 0.3) is 5.69 Å². The van der Waals surface area contributed by atoms with Crippen LogP contribution in [-0.2, 0) is 0 Å². The molecule has 7 nitrogen and oxygen atoms in total. The lowest BCUT2D eigenvalue weighted by molar-refractivity contribution is -0.385. The van der Waals surface area contributed by atoms with E-state index in [2.05, 4.69) is 5.43 Å². The smallest absolute Gasteiger partial charge is 0.278 e. The summed E-state index contributed by atoms with van der Waals surface area (Å²) in [5.41, 5.74) is 2.87. The zero-order valence-corrected chi connectivity index (χ0v) is 10.6. The van der Waals surface area contributed by atoms with E-state index < -0.39 is 4.92 Å². The van der Waals surface area contributed by atoms with Gasteiger partial charge in [-0.3, -0.25) is 21.4 Å². The minimum Gasteiger partial charge on any atom is -0.493 e. The molecule has 0 saturated heterocycles. The lowest BCUT2D eigenvalue weighted by Crippen LogP contribution is -2.26. The Bertz CT molecular complexity index is 437. The molecule has 1 rings (SSSR count). The Morgan fingerprint density at radius 1 is 1.50 bits per heavy atom. The van der Waals surface area contributed by atoms with Gasteiger partial charge < -0.3 is 9.47 Å². The predicted octanol–water partition coefficient (Wildman–Crippen LogP) is 1.53. The first kappa shape index (κ1) is 14.2. The minimum atomic E-state index is -0.467. The van der Waals surface area contributed by atoms with E-state index in [9.17, 15) is 10.1 Å². The standard InChI is InChI=1S/C11H17N3O4/c1-4-18-11-6-9(14(15)16)8(7(2)13-12)5-10(11)17-3/h5-7,13H,4,12H2,1-3H3. The number of ether oxygens (including phenoxy) is 2. The Morgan fingerprint density at radius 3 is 2.61 bits per heavy atom. The highest BCUT2D eigenvalue weighted by Gasteiger charge is 2.22. The zero-order valence-electron chi connectivity index (χ0n) is 10.6. The molecule has 0 fully saturated rings. The van der Waals surface area contributed by atoms with Crippen LogP contribution in [0.15, 0.2) is 12.1 Å². The number of rotatable bonds is 6. The van der Waals surface area contributed by atoms with Crippen molar-refractivity contribution in [2.75, 3.05) is 13.7 Å². The Kier molecular flexibility index (Phi) is 4.87. The van der Waals surface area contributed by atoms with E-state index in [0.29, 0.717) is 23.7 Å². The molecule has 0 saturated carbocycles. The van der Waals surface area contributed by atoms with Gasteiger partial charge in [-0.15, -0.1) is 0 Å². The summed E-state index contributed by atoms with van der Waals surface area (Å²) >= 11 is 0. The third kappa shape index (κ3) is 2.88. The van der Waals surface area contributed by atoms with Crippen molar-refractivity contribution in [1.29, 1.82) is 0 Å². The summed E-state index contributed by atoms with van der Waals surface area (Å²) in [7, 11) is 1.48. The molecule has 3 N–H and O–H groups in total. The average molecular weight is 255 g/mol. The third-order valence-corrected chi connectivity index (χ3v) is 2.53. The molecule has 0 spiro atoms. The summed E-state index contributed by atoms with van der Waals surface area (Å²) in [6.07, 6.45) is 0. The fourth-order valence-corrected chi connectivity index (χ4v) is 1.59. The van der Waals surface area contributed by atoms with E-state index in [4.69, 9.17) is 15.3 Å². The van der Waals surface area contributed by atoms with Gasteiger partial charge >= 0.3 is 0 Å². The lowest BCUT2D eigenvalue weighted by atomic mass is 10.1. The summed E-state index contributed by atoms with van der Waals surface area (Å²) in [4.78, 5) is 10.6. The summed E-state index contributed by atoms with van der Waals surface area (Å²) in [5, 5.41) is 11.0. The highest BCUT2D eigenvalue weighted by molar-refractivity contribution is 5.55. The molecule has 0 amide bonds. The number of nitro groups is 1. The van der Waals surface area contributed by atoms with Gasteiger partial charge in [-0.2, -0.15) is 0 Å². The number of hydrazine groups is 1. The van der Waals surface area contributed by atoms with Crippen molar-refractivity contribution in [3.05, 3.63) is 27.8 Å². The molecule has 0 bridgehead atoms. The van der Waals surface area contributed by atoms with Crippen LogP contribution in [0.1, 0.15) is 25.5 Å². The molecule has 1 aromatic rings. The molecule has 7 heteroatoms. The van der Waals surface area contributed by atoms with Crippen molar-refractivity contribution < 1.29 is 14.4 Å². The second kappa shape index (κ2) is 6.18. The van der Waals surface area contributed by atoms with Gasteiger partial charge in [-0.1, -0.05) is 0 Å². The number of benzene rings is 1. The fraction of sp³-hybridized carbons (Fsp3) is 0.455. The van der Waals surface area contributed by atoms with Crippen LogP contribution in [0.25, 0.3) is 0 Å². The monoisotopic (exact) mass is 255 g/mol. The molecule has 1 atom stereocenters. The van der Waals surface area contributed by atoms with E-state index in [1.807, 2.05) is 0 Å². The van der Waals surface area contributed by atoms with Gasteiger partial charge in [0.1, 0.15) is 0 Å². The predicted molar refractivity (Wildman–Crippen MR) is 66.6 cm³/mol. The van der Waals surface area contributed by atoms with Crippen molar-refractivity contribution >= 4 is 5.69 Å². The number of methoxy groups -OCH3 is 1. The summed E-state index contributed by atoms with van der Waals surface area (Å²) in [5.74, 6) is 6.11. The van der Waals surface area contributed by atoms with E-state index in [1.54, 1.807) is 19.9 Å². The molecule has 0 heterocycles. The first-order chi connectivity index (χ1) is 8.54. The van der Waals surface area contributed by atoms with E-state index in [1.165, 1.54) is 13.2 Å². The second-order valence-electron chi connectivity index (χ2n) is 3.64. The maximum Gasteiger partial charge on any atom is 0.278 e. The molecular formula is C11H17N3O4. The van der Waals surface area contributed by atoms with Crippen molar-refractivity contribution in [2.24, 2.45) is 5.84 Å². The number of nitrogens with two attached hydrogens (primary N) is 1. The minimum absolute atomic E-state index is 0.0512. The van der Waals surface area contributed by atoms with Crippen LogP contribution in [0.4, 0.5) is 5.69 Å². The van der Waals surface area contributed by atoms with Crippen molar-refractivity contribution in [1.82, 2.24) is 5.43 Å². The van der Waals surface area contributed by atoms with Crippen LogP contribution < -0.4 is 20.7 Å². The van der Waals surface area contributed by atoms with Gasteiger partial charge in [0.05, 0.1) is 36.3 Å². The zero-order chi connectivity index (χ0) is 13.7. The third-order valence-electron chi connectivity index (χ3n) is 2.53. The van der Waals surface area contributed by atoms with Gasteiger partial charge in [-0.05, 0) is 19.9 Å². The maximum atomic E-state index is 11.0. The highest BCUT2D eigenvalue weighted by atomic mass is 16.6. The maximum absolute atomic E-state index is 11.0. The Labute approximate surface area is 105 Å². The topological polar surface area (TPSA) is 99.7 Å². The normalized spacial score (nSPS) is 12.0. The van der Waals surface area contributed by atoms with Crippen LogP contribution in [-0.4, -0.2) is 18.6 Å². The molecule has 0 radical (unpaired) electrons. The largest absolute Gasteiger partial charge is 0.493 e. The van der Waals surface area contributed by atoms with E-state index >= 15 is 0 Å². The first-order valence-corrected chi connectivity index (χ1v) is 5.50. The Morgan fingerprint density at radius 2 is 2.17 bits per heavy atom. The number of nitro benzene ring substituents is 1. The molecular weight excluding hydrogens is 238 g/mol. The van der Waals surface area contributed by atoms with Crippen molar-refractivity contribution in [2.45, 2.75) is 19.9 Å². The molecule has 18 heavy (non-hydrogen) atoms. The Balaban J connectivity index is 3.36. The average Bonchev–Trinajstić information content (AvgIpc) is 2.37. The van der Waals surface area contributed by atoms with Crippen LogP contribution in [0.5, 0.6) is 11.5 Å². The molecule has 1 unspecified atom stereocenters. The highest BCUT2D eigenvalue weighted by Crippen LogP contribution is 2.37. The van der Waals surface area contributed by atoms with Crippen molar-refractivity contribution in [3.63, 3.8) is 0 Å². The van der Waals surface area contributed by atoms with Gasteiger partial charge in [0, 0.05) is 0 Å². The van der Waals surface area contributed by atoms with Crippen LogP contribution >= 0.6 is 0 Å². The number of nitrogens with one attached hydrogen (secondary N) is 1. The van der Waals surface area contributed by atoms with Gasteiger partial charge in [-0.25, -0.2) is 0 Å². The molecule has 100 valence electrons. The van der Waals surface area contributed by atoms with Crippen LogP contribution in [0, 0.1) is 10.1 Å². The first-order valence-electron chi connectivity index (χ1n) is 5.50. The van der Waals surface area contributed by atoms with Crippen LogP contribution in [0.2, 0.25) is 0 Å². The molecule has 1 aromatic carbocycles. The van der Waals surface area contributed by atoms with Crippen LogP contribution in [0.3, 0.4) is 0 Å². The number of nitrogens with zero attached hydrogens (tertiary/aromatic N) is 1. The number of hydrogen-bond donors (Lipinski definition) is 2. The molecule has 0 aliphatic heterocycles. The summed E-state index contributed by atoms with van der Waals surface area (Å²) in [6.45, 7) is 3.92. The second-order valence-corrected chi connectivity index (χ2v) is 3.64. The van der Waals surface area contributed by atoms with Crippen molar-refractivity contribution in [3.8, 4) is 11.5 Å². The van der Waals surface area contributed by atoms with E-state index in [0.717, 1.165) is 0 Å². The SMILES string of the molecule is CCOc1cc([N+](=O)[O-])c(C(C)NN)cc1OC. The summed E-state index contributed by atoms with van der Waals surface area (Å²) in [6, 6.07) is 2.55. The Hall–Kier alpha value is -1.86. The van der Waals surface area contributed by atoms with Gasteiger partial charge in [0.15, 0.2) is 11.5 Å². The number of hydrogen-bond acceptors (Lipinski definition) is 6. The molecule has 0 aliphatic carbocycles.